The number of nitrogens with zero attached hydrogens (tertiary/aromatic N) is 3. The highest BCUT2D eigenvalue weighted by Crippen LogP contribution is 2.29. The standard InChI is InChI=1S/C38H69N5O7.C3H8/c1-14-17-19-28(16-3)35(46)27(8)40-37(47)26(7)36(50-13)29-20-18-21-43(29)31(44)22-30(49-12)34(25(6)15-2)42(11)32(45)23-39-38(48)33(24(4)5)41(9)10;1-3-2/h16-17,19,24-27,29-30,33-36,46H,14-15,18,20-23H2,1-13H3,(H,39,48)(H,40,47);3H2,1-2H3/b19-17-,28-16+;. The summed E-state index contributed by atoms with van der Waals surface area (Å²) >= 11 is 0. The molecule has 1 saturated heterocycles. The average molecular weight is 752 g/mol. The first-order valence-electron chi connectivity index (χ1n) is 19.8. The summed E-state index contributed by atoms with van der Waals surface area (Å²) in [5.41, 5.74) is 0.729. The third-order valence-corrected chi connectivity index (χ3v) is 10.2. The number of hydrogen-bond donors (Lipinski definition) is 3. The molecule has 0 radical (unpaired) electrons. The van der Waals surface area contributed by atoms with Crippen molar-refractivity contribution in [3.8, 4) is 0 Å². The quantitative estimate of drug-likeness (QED) is 0.142. The van der Waals surface area contributed by atoms with Crippen LogP contribution in [0.2, 0.25) is 0 Å². The predicted octanol–water partition coefficient (Wildman–Crippen LogP) is 4.80. The molecule has 1 fully saturated rings. The van der Waals surface area contributed by atoms with E-state index in [0.29, 0.717) is 13.0 Å². The number of carbonyl (C=O) groups excluding carboxylic acids is 4. The van der Waals surface area contributed by atoms with Gasteiger partial charge in [-0.2, -0.15) is 0 Å². The molecule has 53 heavy (non-hydrogen) atoms. The first-order chi connectivity index (χ1) is 24.9. The Hall–Kier alpha value is -2.80. The summed E-state index contributed by atoms with van der Waals surface area (Å²) in [6.07, 6.45) is 7.96. The summed E-state index contributed by atoms with van der Waals surface area (Å²) in [7, 11) is 8.49. The predicted molar refractivity (Wildman–Crippen MR) is 214 cm³/mol. The van der Waals surface area contributed by atoms with E-state index >= 15 is 0 Å². The number of allylic oxidation sites excluding steroid dienone is 2. The van der Waals surface area contributed by atoms with E-state index in [2.05, 4.69) is 24.5 Å². The molecule has 308 valence electrons. The van der Waals surface area contributed by atoms with Crippen LogP contribution in [0.5, 0.6) is 0 Å². The lowest BCUT2D eigenvalue weighted by molar-refractivity contribution is -0.146. The zero-order valence-corrected chi connectivity index (χ0v) is 35.9. The smallest absolute Gasteiger partial charge is 0.242 e. The molecule has 1 aliphatic rings. The van der Waals surface area contributed by atoms with Crippen LogP contribution >= 0.6 is 0 Å². The normalized spacial score (nSPS) is 19.5. The number of likely N-dealkylation sites (N-methyl/N-ethyl adjacent to an activating group) is 2. The van der Waals surface area contributed by atoms with E-state index in [4.69, 9.17) is 9.47 Å². The molecular formula is C41H77N5O7. The Balaban J connectivity index is 0.00000869. The molecule has 12 heteroatoms. The van der Waals surface area contributed by atoms with Gasteiger partial charge in [0.2, 0.25) is 23.6 Å². The van der Waals surface area contributed by atoms with Gasteiger partial charge in [0.1, 0.15) is 0 Å². The van der Waals surface area contributed by atoms with Crippen LogP contribution in [0.3, 0.4) is 0 Å². The number of likely N-dealkylation sites (tertiary alicyclic amines) is 1. The Kier molecular flexibility index (Phi) is 24.7. The van der Waals surface area contributed by atoms with Crippen molar-refractivity contribution in [3.63, 3.8) is 0 Å². The minimum atomic E-state index is -0.870. The number of rotatable bonds is 21. The van der Waals surface area contributed by atoms with Crippen molar-refractivity contribution in [3.05, 3.63) is 23.8 Å². The van der Waals surface area contributed by atoms with Gasteiger partial charge in [0.15, 0.2) is 0 Å². The van der Waals surface area contributed by atoms with Crippen LogP contribution in [-0.2, 0) is 28.7 Å². The molecule has 1 aliphatic heterocycles. The Morgan fingerprint density at radius 3 is 2.04 bits per heavy atom. The molecule has 0 saturated carbocycles. The first kappa shape index (κ1) is 50.2. The number of nitrogens with one attached hydrogen (secondary N) is 2. The fourth-order valence-corrected chi connectivity index (χ4v) is 7.19. The van der Waals surface area contributed by atoms with Gasteiger partial charge in [-0.1, -0.05) is 86.5 Å². The zero-order chi connectivity index (χ0) is 41.0. The van der Waals surface area contributed by atoms with Gasteiger partial charge in [0, 0.05) is 27.8 Å². The van der Waals surface area contributed by atoms with Crippen molar-refractivity contribution >= 4 is 23.6 Å². The number of aliphatic hydroxyl groups is 1. The van der Waals surface area contributed by atoms with Gasteiger partial charge in [-0.15, -0.1) is 0 Å². The van der Waals surface area contributed by atoms with E-state index in [1.54, 1.807) is 44.9 Å². The van der Waals surface area contributed by atoms with Crippen LogP contribution in [0.4, 0.5) is 0 Å². The van der Waals surface area contributed by atoms with E-state index in [-0.39, 0.29) is 60.5 Å². The fraction of sp³-hybridized carbons (Fsp3) is 0.805. The first-order valence-corrected chi connectivity index (χ1v) is 19.8. The topological polar surface area (TPSA) is 141 Å². The molecule has 0 bridgehead atoms. The second-order valence-electron chi connectivity index (χ2n) is 15.1. The third-order valence-electron chi connectivity index (χ3n) is 10.2. The van der Waals surface area contributed by atoms with Crippen LogP contribution in [0, 0.1) is 17.8 Å². The molecular weight excluding hydrogens is 674 g/mol. The number of ether oxygens (including phenoxy) is 2. The molecule has 4 amide bonds. The maximum Gasteiger partial charge on any atom is 0.242 e. The fourth-order valence-electron chi connectivity index (χ4n) is 7.19. The van der Waals surface area contributed by atoms with E-state index in [0.717, 1.165) is 24.8 Å². The van der Waals surface area contributed by atoms with Crippen LogP contribution in [0.1, 0.15) is 108 Å². The van der Waals surface area contributed by atoms with Crippen LogP contribution < -0.4 is 10.6 Å². The van der Waals surface area contributed by atoms with Crippen molar-refractivity contribution < 1.29 is 33.8 Å². The molecule has 1 rings (SSSR count). The highest BCUT2D eigenvalue weighted by Gasteiger charge is 2.42. The Labute approximate surface area is 322 Å². The largest absolute Gasteiger partial charge is 0.386 e. The number of hydrogen-bond acceptors (Lipinski definition) is 8. The lowest BCUT2D eigenvalue weighted by Crippen LogP contribution is -2.55. The van der Waals surface area contributed by atoms with Crippen molar-refractivity contribution in [1.29, 1.82) is 0 Å². The maximum absolute atomic E-state index is 14.0. The minimum absolute atomic E-state index is 0.00489. The Bertz CT molecular complexity index is 1150. The summed E-state index contributed by atoms with van der Waals surface area (Å²) in [6.45, 7) is 20.0. The molecule has 0 aromatic heterocycles. The summed E-state index contributed by atoms with van der Waals surface area (Å²) in [4.78, 5) is 59.0. The highest BCUT2D eigenvalue weighted by molar-refractivity contribution is 5.87. The lowest BCUT2D eigenvalue weighted by atomic mass is 9.90. The lowest BCUT2D eigenvalue weighted by Gasteiger charge is -2.39. The van der Waals surface area contributed by atoms with Gasteiger partial charge >= 0.3 is 0 Å². The second kappa shape index (κ2) is 26.1. The van der Waals surface area contributed by atoms with Crippen molar-refractivity contribution in [2.45, 2.75) is 150 Å². The molecule has 12 nitrogen and oxygen atoms in total. The summed E-state index contributed by atoms with van der Waals surface area (Å²) in [5.74, 6) is -1.39. The van der Waals surface area contributed by atoms with Gasteiger partial charge in [0.25, 0.3) is 0 Å². The monoisotopic (exact) mass is 752 g/mol. The SMILES string of the molecule is C/C=C(\C=C/CC)C(O)C(C)NC(=O)C(C)C(OC)C1CCCN1C(=O)CC(OC)C(C(C)CC)N(C)C(=O)CNC(=O)C(C(C)C)N(C)C.CCC. The summed E-state index contributed by atoms with van der Waals surface area (Å²) < 4.78 is 11.8. The van der Waals surface area contributed by atoms with E-state index < -0.39 is 36.3 Å². The van der Waals surface area contributed by atoms with Crippen molar-refractivity contribution in [1.82, 2.24) is 25.3 Å². The molecule has 3 N–H and O–H groups in total. The van der Waals surface area contributed by atoms with E-state index in [1.807, 2.05) is 78.8 Å². The molecule has 0 spiro atoms. The number of carbonyl (C=O) groups is 4. The van der Waals surface area contributed by atoms with Crippen molar-refractivity contribution in [2.24, 2.45) is 17.8 Å². The third kappa shape index (κ3) is 15.5. The zero-order valence-electron chi connectivity index (χ0n) is 35.9. The average Bonchev–Trinajstić information content (AvgIpc) is 3.60. The van der Waals surface area contributed by atoms with E-state index in [9.17, 15) is 24.3 Å². The molecule has 1 heterocycles. The molecule has 9 unspecified atom stereocenters. The second-order valence-corrected chi connectivity index (χ2v) is 15.1. The van der Waals surface area contributed by atoms with Gasteiger partial charge in [-0.3, -0.25) is 24.1 Å². The van der Waals surface area contributed by atoms with Crippen LogP contribution in [0.25, 0.3) is 0 Å². The Morgan fingerprint density at radius 1 is 0.962 bits per heavy atom. The van der Waals surface area contributed by atoms with E-state index in [1.165, 1.54) is 6.42 Å². The summed E-state index contributed by atoms with van der Waals surface area (Å²) in [6, 6.07) is -1.64. The molecule has 9 atom stereocenters. The van der Waals surface area contributed by atoms with Gasteiger partial charge < -0.3 is 35.0 Å². The maximum atomic E-state index is 14.0. The molecule has 0 aromatic carbocycles. The van der Waals surface area contributed by atoms with Gasteiger partial charge in [-0.05, 0) is 64.6 Å². The summed E-state index contributed by atoms with van der Waals surface area (Å²) in [5, 5.41) is 16.6. The minimum Gasteiger partial charge on any atom is -0.386 e. The van der Waals surface area contributed by atoms with Gasteiger partial charge in [0.05, 0.1) is 61.4 Å². The highest BCUT2D eigenvalue weighted by atomic mass is 16.5. The van der Waals surface area contributed by atoms with Gasteiger partial charge in [-0.25, -0.2) is 0 Å². The number of amides is 4. The molecule has 0 aliphatic carbocycles. The number of methoxy groups -OCH3 is 2. The van der Waals surface area contributed by atoms with Crippen LogP contribution in [0.15, 0.2) is 23.8 Å². The Morgan fingerprint density at radius 2 is 1.57 bits per heavy atom. The number of aliphatic hydroxyl groups excluding tert-OH is 1. The van der Waals surface area contributed by atoms with Crippen LogP contribution in [-0.4, -0.2) is 134 Å². The molecule has 0 aromatic rings. The van der Waals surface area contributed by atoms with Crippen molar-refractivity contribution in [2.75, 3.05) is 48.5 Å².